The van der Waals surface area contributed by atoms with E-state index in [0.717, 1.165) is 55.8 Å². The average Bonchev–Trinajstić information content (AvgIpc) is 3.62. The van der Waals surface area contributed by atoms with Crippen molar-refractivity contribution in [2.45, 2.75) is 90.4 Å². The van der Waals surface area contributed by atoms with Crippen molar-refractivity contribution >= 4 is 11.0 Å². The van der Waals surface area contributed by atoms with Crippen LogP contribution >= 0.6 is 0 Å². The van der Waals surface area contributed by atoms with Crippen LogP contribution in [-0.4, -0.2) is 19.6 Å². The van der Waals surface area contributed by atoms with Gasteiger partial charge in [-0.1, -0.05) is 164 Å². The van der Waals surface area contributed by atoms with E-state index in [9.17, 15) is 5.11 Å². The van der Waals surface area contributed by atoms with Crippen molar-refractivity contribution in [1.29, 1.82) is 0 Å². The molecule has 308 valence electrons. The molecule has 61 heavy (non-hydrogen) atoms. The van der Waals surface area contributed by atoms with Gasteiger partial charge in [-0.15, -0.1) is 29.3 Å². The van der Waals surface area contributed by atoms with Gasteiger partial charge in [0.25, 0.3) is 0 Å². The second-order valence-corrected chi connectivity index (χ2v) is 20.0. The Morgan fingerprint density at radius 1 is 0.541 bits per heavy atom. The summed E-state index contributed by atoms with van der Waals surface area (Å²) >= 11 is 0. The molecule has 0 saturated carbocycles. The van der Waals surface area contributed by atoms with Gasteiger partial charge in [-0.2, -0.15) is 0 Å². The first-order valence-corrected chi connectivity index (χ1v) is 21.3. The predicted octanol–water partition coefficient (Wildman–Crippen LogP) is 13.8. The first-order chi connectivity index (χ1) is 28.6. The molecule has 0 amide bonds. The van der Waals surface area contributed by atoms with E-state index in [-0.39, 0.29) is 54.9 Å². The number of phenols is 1. The second-order valence-electron chi connectivity index (χ2n) is 20.0. The molecule has 11 rings (SSSR count). The number of aromatic hydroxyl groups is 1. The molecule has 0 aliphatic heterocycles. The van der Waals surface area contributed by atoms with Crippen molar-refractivity contribution in [1.82, 2.24) is 14.5 Å². The van der Waals surface area contributed by atoms with Crippen LogP contribution in [0.25, 0.3) is 50.5 Å². The molecule has 6 aromatic carbocycles. The summed E-state index contributed by atoms with van der Waals surface area (Å²) in [6.07, 6.45) is 2.13. The summed E-state index contributed by atoms with van der Waals surface area (Å²) in [4.78, 5) is 10.8. The number of rotatable bonds is 4. The summed E-state index contributed by atoms with van der Waals surface area (Å²) in [7, 11) is 0. The van der Waals surface area contributed by atoms with E-state index in [1.807, 2.05) is 6.07 Å². The van der Waals surface area contributed by atoms with E-state index in [1.54, 1.807) is 0 Å². The Morgan fingerprint density at radius 2 is 1.10 bits per heavy atom. The number of fused-ring (bicyclic) bond motifs is 1. The minimum atomic E-state index is -0.287. The molecular formula is C56H52N3OPt-. The van der Waals surface area contributed by atoms with E-state index in [1.165, 1.54) is 38.9 Å². The fourth-order valence-electron chi connectivity index (χ4n) is 9.63. The Morgan fingerprint density at radius 3 is 1.69 bits per heavy atom. The van der Waals surface area contributed by atoms with Crippen molar-refractivity contribution < 1.29 is 26.2 Å². The van der Waals surface area contributed by atoms with Crippen LogP contribution in [0.2, 0.25) is 0 Å². The summed E-state index contributed by atoms with van der Waals surface area (Å²) in [6, 6.07) is 49.8. The van der Waals surface area contributed by atoms with Crippen LogP contribution < -0.4 is 0 Å². The molecule has 2 bridgehead atoms. The molecule has 4 nitrogen and oxygen atoms in total. The van der Waals surface area contributed by atoms with Crippen LogP contribution in [0.15, 0.2) is 134 Å². The Bertz CT molecular complexity index is 2960. The number of imidazole rings is 1. The maximum Gasteiger partial charge on any atom is 0.148 e. The SMILES string of the molecule is CC(C)(C)c1cc(-c2cc3c(cn2)C2c4ccccc4C3c3ccccc32)[c-]c(-c2cccc3c2nc(-c2cc(C(C)(C)C)cc(C(C)(C)C)c2O)n3-c2ccccc2)c1.[Pt]. The van der Waals surface area contributed by atoms with Crippen LogP contribution in [-0.2, 0) is 37.3 Å². The van der Waals surface area contributed by atoms with E-state index >= 15 is 0 Å². The summed E-state index contributed by atoms with van der Waals surface area (Å²) in [5.74, 6) is 1.31. The maximum absolute atomic E-state index is 12.2. The fourth-order valence-corrected chi connectivity index (χ4v) is 9.63. The van der Waals surface area contributed by atoms with Crippen molar-refractivity contribution in [3.63, 3.8) is 0 Å². The van der Waals surface area contributed by atoms with Gasteiger partial charge < -0.3 is 5.11 Å². The maximum atomic E-state index is 12.2. The van der Waals surface area contributed by atoms with Crippen molar-refractivity contribution in [3.8, 4) is 45.2 Å². The van der Waals surface area contributed by atoms with Crippen LogP contribution in [0.4, 0.5) is 0 Å². The third kappa shape index (κ3) is 6.70. The first-order valence-electron chi connectivity index (χ1n) is 21.3. The van der Waals surface area contributed by atoms with Crippen LogP contribution in [0, 0.1) is 6.07 Å². The normalized spacial score (nSPS) is 15.6. The van der Waals surface area contributed by atoms with Crippen LogP contribution in [0.5, 0.6) is 5.75 Å². The number of nitrogens with zero attached hydrogens (tertiary/aromatic N) is 3. The summed E-state index contributed by atoms with van der Waals surface area (Å²) in [5, 5.41) is 12.2. The Hall–Kier alpha value is -5.57. The molecule has 0 spiro atoms. The number of para-hydroxylation sites is 2. The molecule has 8 aromatic rings. The van der Waals surface area contributed by atoms with Gasteiger partial charge in [0.05, 0.1) is 16.6 Å². The Balaban J connectivity index is 0.00000476. The number of phenolic OH excluding ortho intramolecular Hbond substituents is 1. The monoisotopic (exact) mass is 977 g/mol. The second kappa shape index (κ2) is 14.5. The molecule has 0 radical (unpaired) electrons. The van der Waals surface area contributed by atoms with Gasteiger partial charge >= 0.3 is 0 Å². The third-order valence-electron chi connectivity index (χ3n) is 12.9. The first kappa shape index (κ1) is 40.8. The molecule has 2 heterocycles. The van der Waals surface area contributed by atoms with E-state index in [4.69, 9.17) is 9.97 Å². The van der Waals surface area contributed by atoms with Crippen molar-refractivity contribution in [2.75, 3.05) is 0 Å². The minimum Gasteiger partial charge on any atom is -0.507 e. The number of hydrogen-bond acceptors (Lipinski definition) is 3. The van der Waals surface area contributed by atoms with Gasteiger partial charge in [0, 0.05) is 56.0 Å². The van der Waals surface area contributed by atoms with Crippen LogP contribution in [0.3, 0.4) is 0 Å². The zero-order valence-electron chi connectivity index (χ0n) is 36.5. The molecule has 3 aliphatic carbocycles. The smallest absolute Gasteiger partial charge is 0.148 e. The zero-order valence-corrected chi connectivity index (χ0v) is 38.7. The predicted molar refractivity (Wildman–Crippen MR) is 247 cm³/mol. The quantitative estimate of drug-likeness (QED) is 0.179. The van der Waals surface area contributed by atoms with E-state index in [0.29, 0.717) is 5.82 Å². The van der Waals surface area contributed by atoms with Gasteiger partial charge in [0.1, 0.15) is 11.6 Å². The molecule has 0 atom stereocenters. The topological polar surface area (TPSA) is 50.9 Å². The van der Waals surface area contributed by atoms with Gasteiger partial charge in [-0.3, -0.25) is 9.55 Å². The molecule has 2 aromatic heterocycles. The number of hydrogen-bond donors (Lipinski definition) is 1. The largest absolute Gasteiger partial charge is 0.507 e. The molecular weight excluding hydrogens is 926 g/mol. The molecule has 5 heteroatoms. The van der Waals surface area contributed by atoms with Crippen LogP contribution in [0.1, 0.15) is 124 Å². The van der Waals surface area contributed by atoms with E-state index in [2.05, 4.69) is 200 Å². The Labute approximate surface area is 375 Å². The van der Waals surface area contributed by atoms with Gasteiger partial charge in [-0.05, 0) is 79.5 Å². The van der Waals surface area contributed by atoms with Gasteiger partial charge in [-0.25, -0.2) is 4.98 Å². The Kier molecular flexibility index (Phi) is 9.72. The fraction of sp³-hybridized carbons (Fsp3) is 0.250. The zero-order chi connectivity index (χ0) is 41.9. The van der Waals surface area contributed by atoms with E-state index < -0.39 is 0 Å². The third-order valence-corrected chi connectivity index (χ3v) is 12.9. The number of pyridine rings is 1. The minimum absolute atomic E-state index is 0. The molecule has 3 aliphatic rings. The van der Waals surface area contributed by atoms with Crippen molar-refractivity contribution in [2.24, 2.45) is 0 Å². The molecule has 0 fully saturated rings. The summed E-state index contributed by atoms with van der Waals surface area (Å²) in [5.41, 5.74) is 18.2. The summed E-state index contributed by atoms with van der Waals surface area (Å²) < 4.78 is 2.21. The average molecular weight is 978 g/mol. The van der Waals surface area contributed by atoms with Gasteiger partial charge in [0.15, 0.2) is 0 Å². The van der Waals surface area contributed by atoms with Crippen molar-refractivity contribution in [3.05, 3.63) is 190 Å². The molecule has 0 saturated heterocycles. The number of benzene rings is 6. The summed E-state index contributed by atoms with van der Waals surface area (Å²) in [6.45, 7) is 20.0. The molecule has 1 N–H and O–H groups in total. The standard InChI is InChI=1S/C56H52N3O.Pt/c1-54(2,3)35-27-33(26-34(28-35)47-31-43-45(32-57-47)50-41-22-15-13-20-39(41)49(43)40-21-14-16-23-42(40)50)38-24-17-25-48-51(38)58-53(59(48)37-18-11-10-12-19-37)44-29-36(55(4,5)6)30-46(52(44)60)56(7,8)9;/h10-25,27-32,49-50,60H,1-9H3;/q-1;. The number of aromatic nitrogens is 3. The molecule has 0 unspecified atom stereocenters. The van der Waals surface area contributed by atoms with Gasteiger partial charge in [0.2, 0.25) is 0 Å².